The minimum Gasteiger partial charge on any atom is -0.354 e. The first-order valence-electron chi connectivity index (χ1n) is 15.3. The van der Waals surface area contributed by atoms with Gasteiger partial charge < -0.3 is 9.97 Å². The van der Waals surface area contributed by atoms with Gasteiger partial charge in [0.2, 0.25) is 0 Å². The molecule has 3 nitrogen and oxygen atoms in total. The molecule has 1 aliphatic rings. The monoisotopic (exact) mass is 725 g/mol. The first-order chi connectivity index (χ1) is 23.7. The molecule has 0 atom stereocenters. The lowest BCUT2D eigenvalue weighted by Crippen LogP contribution is -1.86. The van der Waals surface area contributed by atoms with Crippen molar-refractivity contribution in [1.29, 1.82) is 0 Å². The number of thiophene rings is 6. The third-order valence-corrected chi connectivity index (χ3v) is 15.0. The second-order valence-electron chi connectivity index (χ2n) is 11.3. The van der Waals surface area contributed by atoms with E-state index in [1.165, 1.54) is 49.5 Å². The molecular formula is C39H23N3S6. The van der Waals surface area contributed by atoms with Crippen LogP contribution in [0.2, 0.25) is 0 Å². The SMILES string of the molecule is C1=Cc2nc1c(-c1ccc(-c3cccs3)s1)c1ccc([nH]1)c(-c1ccc(-c3cccs3)s1)c1ccc([nH]1)c2-c1ccc(-c2cccs2)s1. The highest BCUT2D eigenvalue weighted by atomic mass is 32.1. The number of H-pyrrole nitrogens is 2. The lowest BCUT2D eigenvalue weighted by molar-refractivity contribution is 1.32. The fourth-order valence-electron chi connectivity index (χ4n) is 6.29. The molecule has 0 unspecified atom stereocenters. The molecule has 9 aromatic heterocycles. The van der Waals surface area contributed by atoms with Gasteiger partial charge in [-0.05, 0) is 107 Å². The Labute approximate surface area is 300 Å². The fraction of sp³-hybridized carbons (Fsp3) is 0. The van der Waals surface area contributed by atoms with Crippen LogP contribution in [0.3, 0.4) is 0 Å². The summed E-state index contributed by atoms with van der Waals surface area (Å²) in [5.41, 5.74) is 9.64. The van der Waals surface area contributed by atoms with Crippen LogP contribution in [0.4, 0.5) is 0 Å². The van der Waals surface area contributed by atoms with E-state index in [9.17, 15) is 0 Å². The molecule has 9 aromatic rings. The summed E-state index contributed by atoms with van der Waals surface area (Å²) >= 11 is 10.8. The predicted octanol–water partition coefficient (Wildman–Crippen LogP) is 14.0. The van der Waals surface area contributed by atoms with E-state index < -0.39 is 0 Å². The lowest BCUT2D eigenvalue weighted by Gasteiger charge is -2.04. The summed E-state index contributed by atoms with van der Waals surface area (Å²) in [6.07, 6.45) is 4.37. The third-order valence-electron chi connectivity index (χ3n) is 8.45. The normalized spacial score (nSPS) is 12.1. The van der Waals surface area contributed by atoms with Crippen molar-refractivity contribution in [2.45, 2.75) is 0 Å². The number of aromatic amines is 2. The summed E-state index contributed by atoms with van der Waals surface area (Å²) in [5.74, 6) is 0. The Balaban J connectivity index is 1.27. The Morgan fingerprint density at radius 2 is 0.708 bits per heavy atom. The van der Waals surface area contributed by atoms with Gasteiger partial charge in [-0.3, -0.25) is 0 Å². The average molecular weight is 726 g/mol. The molecule has 0 amide bonds. The number of nitrogens with zero attached hydrogens (tertiary/aromatic N) is 1. The molecule has 230 valence electrons. The van der Waals surface area contributed by atoms with Gasteiger partial charge in [-0.2, -0.15) is 0 Å². The summed E-state index contributed by atoms with van der Waals surface area (Å²) in [7, 11) is 0. The first kappa shape index (κ1) is 28.6. The summed E-state index contributed by atoms with van der Waals surface area (Å²) in [6, 6.07) is 35.3. The Kier molecular flexibility index (Phi) is 6.96. The van der Waals surface area contributed by atoms with Crippen LogP contribution in [0.25, 0.3) is 94.8 Å². The Hall–Kier alpha value is -4.35. The minimum atomic E-state index is 0.968. The second kappa shape index (κ2) is 11.7. The summed E-state index contributed by atoms with van der Waals surface area (Å²) in [4.78, 5) is 24.4. The van der Waals surface area contributed by atoms with Gasteiger partial charge in [0, 0.05) is 82.7 Å². The van der Waals surface area contributed by atoms with E-state index in [1.54, 1.807) is 34.0 Å². The molecule has 48 heavy (non-hydrogen) atoms. The molecule has 2 N–H and O–H groups in total. The van der Waals surface area contributed by atoms with Crippen LogP contribution in [0.1, 0.15) is 11.4 Å². The largest absolute Gasteiger partial charge is 0.354 e. The van der Waals surface area contributed by atoms with Crippen LogP contribution >= 0.6 is 68.0 Å². The van der Waals surface area contributed by atoms with Crippen molar-refractivity contribution in [2.75, 3.05) is 0 Å². The standard InChI is InChI=1S/C39H23N3S6/c1-4-28(43-19-1)31-13-16-34(46-31)37-22-7-9-24(40-22)38(35-17-14-32(47-35)29-5-2-20-44-29)26-11-12-27(42-26)39(25-10-8-23(37)41-25)36-18-15-33(48-36)30-6-3-21-45-30/h1-21,40-41H. The van der Waals surface area contributed by atoms with Crippen LogP contribution in [0.15, 0.2) is 113 Å². The van der Waals surface area contributed by atoms with Crippen molar-refractivity contribution < 1.29 is 0 Å². The van der Waals surface area contributed by atoms with E-state index in [-0.39, 0.29) is 0 Å². The van der Waals surface area contributed by atoms with Crippen molar-refractivity contribution in [3.05, 3.63) is 125 Å². The van der Waals surface area contributed by atoms with Crippen molar-refractivity contribution in [3.63, 3.8) is 0 Å². The van der Waals surface area contributed by atoms with Gasteiger partial charge in [0.15, 0.2) is 0 Å². The number of hydrogen-bond acceptors (Lipinski definition) is 7. The third kappa shape index (κ3) is 4.89. The number of nitrogens with one attached hydrogen (secondary N) is 2. The van der Waals surface area contributed by atoms with Crippen molar-refractivity contribution in [3.8, 4) is 60.6 Å². The topological polar surface area (TPSA) is 44.5 Å². The molecule has 10 rings (SSSR count). The molecule has 9 heteroatoms. The quantitative estimate of drug-likeness (QED) is 0.176. The molecule has 0 fully saturated rings. The Morgan fingerprint density at radius 1 is 0.354 bits per heavy atom. The number of rotatable bonds is 6. The van der Waals surface area contributed by atoms with Gasteiger partial charge in [0.05, 0.1) is 11.4 Å². The Bertz CT molecular complexity index is 2520. The average Bonchev–Trinajstić information content (AvgIpc) is 3.96. The lowest BCUT2D eigenvalue weighted by atomic mass is 10.1. The molecule has 0 aliphatic carbocycles. The number of fused-ring (bicyclic) bond motifs is 6. The molecule has 0 aromatic carbocycles. The van der Waals surface area contributed by atoms with E-state index in [4.69, 9.17) is 4.98 Å². The highest BCUT2D eigenvalue weighted by molar-refractivity contribution is 7.24. The van der Waals surface area contributed by atoms with E-state index in [0.717, 1.165) is 44.6 Å². The van der Waals surface area contributed by atoms with Crippen LogP contribution in [-0.4, -0.2) is 15.0 Å². The van der Waals surface area contributed by atoms with Gasteiger partial charge >= 0.3 is 0 Å². The van der Waals surface area contributed by atoms with Gasteiger partial charge in [0.25, 0.3) is 0 Å². The van der Waals surface area contributed by atoms with E-state index >= 15 is 0 Å². The maximum absolute atomic E-state index is 5.38. The predicted molar refractivity (Wildman–Crippen MR) is 214 cm³/mol. The maximum atomic E-state index is 5.38. The number of hydrogen-bond donors (Lipinski definition) is 2. The molecule has 0 saturated heterocycles. The van der Waals surface area contributed by atoms with E-state index in [2.05, 4.69) is 135 Å². The van der Waals surface area contributed by atoms with Gasteiger partial charge in [0.1, 0.15) is 0 Å². The maximum Gasteiger partial charge on any atom is 0.0745 e. The van der Waals surface area contributed by atoms with Crippen molar-refractivity contribution in [2.24, 2.45) is 0 Å². The summed E-state index contributed by atoms with van der Waals surface area (Å²) in [6.45, 7) is 0. The molecule has 6 bridgehead atoms. The molecule has 1 aliphatic heterocycles. The van der Waals surface area contributed by atoms with E-state index in [0.29, 0.717) is 0 Å². The smallest absolute Gasteiger partial charge is 0.0745 e. The van der Waals surface area contributed by atoms with Gasteiger partial charge in [-0.15, -0.1) is 68.0 Å². The van der Waals surface area contributed by atoms with Crippen LogP contribution in [-0.2, 0) is 0 Å². The molecule has 0 saturated carbocycles. The van der Waals surface area contributed by atoms with Gasteiger partial charge in [-0.1, -0.05) is 18.2 Å². The van der Waals surface area contributed by atoms with Crippen LogP contribution in [0.5, 0.6) is 0 Å². The highest BCUT2D eigenvalue weighted by Gasteiger charge is 2.20. The molecule has 0 radical (unpaired) electrons. The van der Waals surface area contributed by atoms with Gasteiger partial charge in [-0.25, -0.2) is 4.98 Å². The van der Waals surface area contributed by atoms with E-state index in [1.807, 2.05) is 34.0 Å². The van der Waals surface area contributed by atoms with Crippen LogP contribution < -0.4 is 0 Å². The highest BCUT2D eigenvalue weighted by Crippen LogP contribution is 2.45. The summed E-state index contributed by atoms with van der Waals surface area (Å²) in [5, 5.41) is 6.43. The van der Waals surface area contributed by atoms with Crippen molar-refractivity contribution in [1.82, 2.24) is 15.0 Å². The number of aromatic nitrogens is 3. The van der Waals surface area contributed by atoms with Crippen LogP contribution in [0, 0.1) is 0 Å². The van der Waals surface area contributed by atoms with Crippen molar-refractivity contribution >= 4 is 102 Å². The minimum absolute atomic E-state index is 0.968. The molecule has 10 heterocycles. The zero-order chi connectivity index (χ0) is 31.6. The zero-order valence-electron chi connectivity index (χ0n) is 25.0. The first-order valence-corrected chi connectivity index (χ1v) is 20.4. The molecule has 0 spiro atoms. The second-order valence-corrected chi connectivity index (χ2v) is 17.4. The summed E-state index contributed by atoms with van der Waals surface area (Å²) < 4.78 is 0. The Morgan fingerprint density at radius 3 is 1.08 bits per heavy atom. The zero-order valence-corrected chi connectivity index (χ0v) is 29.9. The fourth-order valence-corrected chi connectivity index (χ4v) is 12.0. The molecular weight excluding hydrogens is 703 g/mol.